The standard InChI is InChI=1S/C27H30N4O2S2/c1-16(24(32)31-26-30-22(15-34-26)20-8-6-7-9-23(20)33-5)35-25-18(14-28)12-17-13-19(27(2,3)4)10-11-21(17)29-25/h6-9,12,15-16,19H,10-11,13H2,1-5H3,(H,30,31,32). The zero-order valence-corrected chi connectivity index (χ0v) is 22.3. The second-order valence-electron chi connectivity index (χ2n) is 9.85. The van der Waals surface area contributed by atoms with Gasteiger partial charge >= 0.3 is 0 Å². The predicted molar refractivity (Wildman–Crippen MR) is 142 cm³/mol. The number of nitrogens with one attached hydrogen (secondary N) is 1. The molecule has 2 aromatic heterocycles. The molecule has 2 atom stereocenters. The molecule has 2 heterocycles. The first-order valence-corrected chi connectivity index (χ1v) is 13.4. The minimum absolute atomic E-state index is 0.174. The molecule has 1 aliphatic rings. The summed E-state index contributed by atoms with van der Waals surface area (Å²) in [7, 11) is 1.62. The molecule has 6 nitrogen and oxygen atoms in total. The van der Waals surface area contributed by atoms with Crippen LogP contribution in [0.15, 0.2) is 40.7 Å². The highest BCUT2D eigenvalue weighted by atomic mass is 32.2. The van der Waals surface area contributed by atoms with Gasteiger partial charge in [0, 0.05) is 16.6 Å². The van der Waals surface area contributed by atoms with Gasteiger partial charge in [0.2, 0.25) is 5.91 Å². The van der Waals surface area contributed by atoms with E-state index in [1.807, 2.05) is 42.6 Å². The summed E-state index contributed by atoms with van der Waals surface area (Å²) in [6, 6.07) is 11.9. The number of aryl methyl sites for hydroxylation is 1. The zero-order chi connectivity index (χ0) is 25.2. The van der Waals surface area contributed by atoms with Gasteiger partial charge in [0.1, 0.15) is 16.8 Å². The Kier molecular flexibility index (Phi) is 7.48. The summed E-state index contributed by atoms with van der Waals surface area (Å²) in [4.78, 5) is 22.3. The minimum atomic E-state index is -0.433. The number of rotatable bonds is 6. The average Bonchev–Trinajstić information content (AvgIpc) is 3.30. The average molecular weight is 507 g/mol. The first-order valence-electron chi connectivity index (χ1n) is 11.7. The van der Waals surface area contributed by atoms with Crippen LogP contribution in [0, 0.1) is 22.7 Å². The highest BCUT2D eigenvalue weighted by molar-refractivity contribution is 8.00. The molecular weight excluding hydrogens is 476 g/mol. The number of fused-ring (bicyclic) bond motifs is 1. The zero-order valence-electron chi connectivity index (χ0n) is 20.7. The summed E-state index contributed by atoms with van der Waals surface area (Å²) in [6.07, 6.45) is 2.94. The maximum absolute atomic E-state index is 12.9. The minimum Gasteiger partial charge on any atom is -0.496 e. The second-order valence-corrected chi connectivity index (χ2v) is 12.0. The topological polar surface area (TPSA) is 87.9 Å². The molecule has 3 aromatic rings. The molecule has 0 radical (unpaired) electrons. The van der Waals surface area contributed by atoms with Crippen molar-refractivity contribution in [2.75, 3.05) is 12.4 Å². The van der Waals surface area contributed by atoms with Crippen LogP contribution in [0.25, 0.3) is 11.3 Å². The fraction of sp³-hybridized carbons (Fsp3) is 0.407. The lowest BCUT2D eigenvalue weighted by Gasteiger charge is -2.34. The number of methoxy groups -OCH3 is 1. The van der Waals surface area contributed by atoms with E-state index in [1.165, 1.54) is 28.7 Å². The monoisotopic (exact) mass is 506 g/mol. The summed E-state index contributed by atoms with van der Waals surface area (Å²) >= 11 is 2.69. The number of anilines is 1. The number of nitriles is 1. The number of hydrogen-bond acceptors (Lipinski definition) is 7. The van der Waals surface area contributed by atoms with Crippen molar-refractivity contribution in [2.45, 2.75) is 57.2 Å². The van der Waals surface area contributed by atoms with Crippen LogP contribution >= 0.6 is 23.1 Å². The first kappa shape index (κ1) is 25.2. The molecule has 8 heteroatoms. The Hall–Kier alpha value is -2.89. The van der Waals surface area contributed by atoms with Crippen molar-refractivity contribution in [1.82, 2.24) is 9.97 Å². The van der Waals surface area contributed by atoms with E-state index in [1.54, 1.807) is 7.11 Å². The van der Waals surface area contributed by atoms with Crippen LogP contribution in [0.3, 0.4) is 0 Å². The van der Waals surface area contributed by atoms with Gasteiger partial charge in [-0.2, -0.15) is 5.26 Å². The molecule has 1 aromatic carbocycles. The van der Waals surface area contributed by atoms with Crippen molar-refractivity contribution in [3.63, 3.8) is 0 Å². The first-order chi connectivity index (χ1) is 16.7. The molecular formula is C27H30N4O2S2. The Morgan fingerprint density at radius 2 is 2.09 bits per heavy atom. The number of hydrogen-bond donors (Lipinski definition) is 1. The van der Waals surface area contributed by atoms with Crippen molar-refractivity contribution in [3.8, 4) is 23.1 Å². The number of benzene rings is 1. The maximum atomic E-state index is 12.9. The molecule has 182 valence electrons. The lowest BCUT2D eigenvalue weighted by atomic mass is 9.71. The number of aromatic nitrogens is 2. The highest BCUT2D eigenvalue weighted by Gasteiger charge is 2.30. The largest absolute Gasteiger partial charge is 0.496 e. The van der Waals surface area contributed by atoms with Gasteiger partial charge in [0.25, 0.3) is 0 Å². The van der Waals surface area contributed by atoms with Gasteiger partial charge < -0.3 is 10.1 Å². The fourth-order valence-electron chi connectivity index (χ4n) is 4.29. The third-order valence-corrected chi connectivity index (χ3v) is 8.33. The van der Waals surface area contributed by atoms with Crippen molar-refractivity contribution in [3.05, 3.63) is 52.5 Å². The molecule has 1 amide bonds. The van der Waals surface area contributed by atoms with Crippen molar-refractivity contribution >= 4 is 34.1 Å². The molecule has 1 aliphatic carbocycles. The molecule has 0 saturated heterocycles. The van der Waals surface area contributed by atoms with Crippen molar-refractivity contribution in [2.24, 2.45) is 11.3 Å². The van der Waals surface area contributed by atoms with Crippen LogP contribution in [0.1, 0.15) is 50.9 Å². The third kappa shape index (κ3) is 5.68. The predicted octanol–water partition coefficient (Wildman–Crippen LogP) is 6.36. The SMILES string of the molecule is COc1ccccc1-c1csc(NC(=O)C(C)Sc2nc3c(cc2C#N)CC(C(C)(C)C)CC3)n1. The Balaban J connectivity index is 1.46. The number of ether oxygens (including phenoxy) is 1. The van der Waals surface area contributed by atoms with Crippen LogP contribution in [-0.2, 0) is 17.6 Å². The van der Waals surface area contributed by atoms with Crippen LogP contribution in [0.4, 0.5) is 5.13 Å². The Morgan fingerprint density at radius 3 is 2.80 bits per heavy atom. The number of para-hydroxylation sites is 1. The normalized spacial score (nSPS) is 16.2. The maximum Gasteiger partial charge on any atom is 0.239 e. The van der Waals surface area contributed by atoms with Gasteiger partial charge in [-0.1, -0.05) is 44.7 Å². The van der Waals surface area contributed by atoms with Crippen LogP contribution in [-0.4, -0.2) is 28.2 Å². The Bertz CT molecular complexity index is 1270. The van der Waals surface area contributed by atoms with Gasteiger partial charge in [-0.25, -0.2) is 9.97 Å². The molecule has 0 aliphatic heterocycles. The molecule has 35 heavy (non-hydrogen) atoms. The summed E-state index contributed by atoms with van der Waals surface area (Å²) in [5.74, 6) is 1.13. The summed E-state index contributed by atoms with van der Waals surface area (Å²) in [5, 5.41) is 15.3. The summed E-state index contributed by atoms with van der Waals surface area (Å²) in [5.41, 5.74) is 4.61. The fourth-order valence-corrected chi connectivity index (χ4v) is 5.90. The van der Waals surface area contributed by atoms with Gasteiger partial charge in [-0.15, -0.1) is 11.3 Å². The van der Waals surface area contributed by atoms with Gasteiger partial charge in [-0.3, -0.25) is 4.79 Å². The van der Waals surface area contributed by atoms with E-state index >= 15 is 0 Å². The number of amides is 1. The van der Waals surface area contributed by atoms with Crippen LogP contribution < -0.4 is 10.1 Å². The van der Waals surface area contributed by atoms with E-state index in [0.29, 0.717) is 21.6 Å². The van der Waals surface area contributed by atoms with Gasteiger partial charge in [-0.05, 0) is 61.3 Å². The Morgan fingerprint density at radius 1 is 1.31 bits per heavy atom. The lowest BCUT2D eigenvalue weighted by Crippen LogP contribution is -2.27. The van der Waals surface area contributed by atoms with Crippen LogP contribution in [0.5, 0.6) is 5.75 Å². The van der Waals surface area contributed by atoms with Gasteiger partial charge in [0.15, 0.2) is 5.13 Å². The van der Waals surface area contributed by atoms with E-state index in [2.05, 4.69) is 37.1 Å². The summed E-state index contributed by atoms with van der Waals surface area (Å²) < 4.78 is 5.42. The molecule has 1 N–H and O–H groups in total. The summed E-state index contributed by atoms with van der Waals surface area (Å²) in [6.45, 7) is 8.64. The van der Waals surface area contributed by atoms with Gasteiger partial charge in [0.05, 0.1) is 23.6 Å². The molecule has 0 spiro atoms. The molecule has 0 fully saturated rings. The number of pyridine rings is 1. The molecule has 0 bridgehead atoms. The Labute approximate surface area is 215 Å². The van der Waals surface area contributed by atoms with E-state index in [9.17, 15) is 10.1 Å². The van der Waals surface area contributed by atoms with E-state index in [-0.39, 0.29) is 11.3 Å². The van der Waals surface area contributed by atoms with Crippen LogP contribution in [0.2, 0.25) is 0 Å². The number of carbonyl (C=O) groups excluding carboxylic acids is 1. The van der Waals surface area contributed by atoms with E-state index < -0.39 is 5.25 Å². The van der Waals surface area contributed by atoms with Crippen molar-refractivity contribution < 1.29 is 9.53 Å². The molecule has 0 saturated carbocycles. The smallest absolute Gasteiger partial charge is 0.239 e. The third-order valence-electron chi connectivity index (χ3n) is 6.47. The number of nitrogens with zero attached hydrogens (tertiary/aromatic N) is 3. The quantitative estimate of drug-likeness (QED) is 0.392. The second kappa shape index (κ2) is 10.4. The van der Waals surface area contributed by atoms with E-state index in [4.69, 9.17) is 9.72 Å². The van der Waals surface area contributed by atoms with Crippen molar-refractivity contribution in [1.29, 1.82) is 5.26 Å². The lowest BCUT2D eigenvalue weighted by molar-refractivity contribution is -0.115. The number of thioether (sulfide) groups is 1. The molecule has 2 unspecified atom stereocenters. The molecule has 4 rings (SSSR count). The van der Waals surface area contributed by atoms with E-state index in [0.717, 1.165) is 42.0 Å². The number of thiazole rings is 1. The number of carbonyl (C=O) groups is 1. The highest BCUT2D eigenvalue weighted by Crippen LogP contribution is 2.38.